The normalized spacial score (nSPS) is 19.4. The highest BCUT2D eigenvalue weighted by atomic mass is 16.2. The quantitative estimate of drug-likeness (QED) is 0.590. The number of aliphatic imine (C=N–C) groups is 1. The van der Waals surface area contributed by atoms with Crippen LogP contribution in [0.4, 0.5) is 0 Å². The van der Waals surface area contributed by atoms with Crippen LogP contribution in [0.15, 0.2) is 29.3 Å². The number of likely N-dealkylation sites (tertiary alicyclic amines) is 1. The van der Waals surface area contributed by atoms with Crippen LogP contribution in [0.2, 0.25) is 0 Å². The van der Waals surface area contributed by atoms with Gasteiger partial charge < -0.3 is 15.5 Å². The first-order valence-corrected chi connectivity index (χ1v) is 10.3. The standard InChI is InChI=1S/C21H29N7O/c1-15-24-19-9-8-18(14-28(19)26-15)25-21(22-2)23-12-16-5-3-6-17(11-16)13-27-10-4-7-20(27)29/h3,5-6,11,18H,4,7-10,12-14H2,1-2H3,(H2,22,23,25). The monoisotopic (exact) mass is 395 g/mol. The van der Waals surface area contributed by atoms with E-state index in [4.69, 9.17) is 0 Å². The maximum atomic E-state index is 11.9. The van der Waals surface area contributed by atoms with E-state index in [0.717, 1.165) is 50.0 Å². The van der Waals surface area contributed by atoms with E-state index in [1.807, 2.05) is 16.5 Å². The van der Waals surface area contributed by atoms with E-state index in [1.54, 1.807) is 7.05 Å². The number of aryl methyl sites for hydroxylation is 2. The molecule has 2 N–H and O–H groups in total. The maximum Gasteiger partial charge on any atom is 0.222 e. The van der Waals surface area contributed by atoms with Crippen molar-refractivity contribution in [3.8, 4) is 0 Å². The van der Waals surface area contributed by atoms with Gasteiger partial charge in [-0.05, 0) is 30.9 Å². The Bertz CT molecular complexity index is 904. The molecule has 0 spiro atoms. The van der Waals surface area contributed by atoms with Crippen molar-refractivity contribution in [1.29, 1.82) is 0 Å². The summed E-state index contributed by atoms with van der Waals surface area (Å²) >= 11 is 0. The smallest absolute Gasteiger partial charge is 0.222 e. The van der Waals surface area contributed by atoms with Gasteiger partial charge in [-0.15, -0.1) is 0 Å². The lowest BCUT2D eigenvalue weighted by Crippen LogP contribution is -2.46. The van der Waals surface area contributed by atoms with E-state index in [-0.39, 0.29) is 11.9 Å². The minimum absolute atomic E-state index is 0.261. The van der Waals surface area contributed by atoms with Crippen LogP contribution in [0.1, 0.15) is 42.0 Å². The Kier molecular flexibility index (Phi) is 5.78. The predicted molar refractivity (Wildman–Crippen MR) is 111 cm³/mol. The third kappa shape index (κ3) is 4.75. The number of amides is 1. The largest absolute Gasteiger partial charge is 0.352 e. The minimum Gasteiger partial charge on any atom is -0.352 e. The molecule has 2 aliphatic rings. The number of hydrogen-bond donors (Lipinski definition) is 2. The summed E-state index contributed by atoms with van der Waals surface area (Å²) in [7, 11) is 1.79. The number of nitrogens with one attached hydrogen (secondary N) is 2. The molecule has 0 radical (unpaired) electrons. The molecule has 154 valence electrons. The number of benzene rings is 1. The average Bonchev–Trinajstić information content (AvgIpc) is 3.29. The lowest BCUT2D eigenvalue weighted by atomic mass is 10.1. The van der Waals surface area contributed by atoms with Crippen LogP contribution in [-0.4, -0.2) is 51.2 Å². The van der Waals surface area contributed by atoms with Gasteiger partial charge in [0.15, 0.2) is 5.96 Å². The molecule has 2 aliphatic heterocycles. The molecule has 0 saturated carbocycles. The first-order valence-electron chi connectivity index (χ1n) is 10.3. The Hall–Kier alpha value is -2.90. The summed E-state index contributed by atoms with van der Waals surface area (Å²) in [5.41, 5.74) is 2.35. The molecule has 1 saturated heterocycles. The Morgan fingerprint density at radius 3 is 2.97 bits per heavy atom. The fourth-order valence-electron chi connectivity index (χ4n) is 4.05. The van der Waals surface area contributed by atoms with Gasteiger partial charge in [-0.2, -0.15) is 5.10 Å². The zero-order valence-corrected chi connectivity index (χ0v) is 17.2. The van der Waals surface area contributed by atoms with Crippen LogP contribution >= 0.6 is 0 Å². The molecule has 2 aromatic rings. The highest BCUT2D eigenvalue weighted by molar-refractivity contribution is 5.80. The highest BCUT2D eigenvalue weighted by Crippen LogP contribution is 2.15. The fraction of sp³-hybridized carbons (Fsp3) is 0.524. The van der Waals surface area contributed by atoms with Crippen molar-refractivity contribution in [2.75, 3.05) is 13.6 Å². The first-order chi connectivity index (χ1) is 14.1. The number of nitrogens with zero attached hydrogens (tertiary/aromatic N) is 5. The molecule has 1 fully saturated rings. The number of fused-ring (bicyclic) bond motifs is 1. The number of guanidine groups is 1. The molecule has 1 atom stereocenters. The summed E-state index contributed by atoms with van der Waals surface area (Å²) in [6.45, 7) is 4.98. The summed E-state index contributed by atoms with van der Waals surface area (Å²) < 4.78 is 1.99. The Labute approximate surface area is 171 Å². The SMILES string of the molecule is CN=C(NCc1cccc(CN2CCCC2=O)c1)NC1CCc2nc(C)nn2C1. The van der Waals surface area contributed by atoms with Crippen molar-refractivity contribution in [2.45, 2.75) is 58.3 Å². The van der Waals surface area contributed by atoms with Crippen LogP contribution in [0, 0.1) is 6.92 Å². The second-order valence-corrected chi connectivity index (χ2v) is 7.80. The molecule has 8 nitrogen and oxygen atoms in total. The summed E-state index contributed by atoms with van der Waals surface area (Å²) in [5.74, 6) is 2.95. The Morgan fingerprint density at radius 1 is 1.31 bits per heavy atom. The van der Waals surface area contributed by atoms with Crippen LogP contribution in [0.25, 0.3) is 0 Å². The van der Waals surface area contributed by atoms with Gasteiger partial charge in [0.2, 0.25) is 5.91 Å². The fourth-order valence-corrected chi connectivity index (χ4v) is 4.05. The Morgan fingerprint density at radius 2 is 2.17 bits per heavy atom. The predicted octanol–water partition coefficient (Wildman–Crippen LogP) is 1.39. The number of carbonyl (C=O) groups excluding carboxylic acids is 1. The van der Waals surface area contributed by atoms with Crippen molar-refractivity contribution < 1.29 is 4.79 Å². The Balaban J connectivity index is 1.31. The van der Waals surface area contributed by atoms with Gasteiger partial charge in [0.25, 0.3) is 0 Å². The summed E-state index contributed by atoms with van der Waals surface area (Å²) in [4.78, 5) is 22.6. The number of rotatable bonds is 5. The topological polar surface area (TPSA) is 87.4 Å². The summed E-state index contributed by atoms with van der Waals surface area (Å²) in [6, 6.07) is 8.68. The molecule has 8 heteroatoms. The van der Waals surface area contributed by atoms with E-state index >= 15 is 0 Å². The molecule has 1 amide bonds. The number of aromatic nitrogens is 3. The van der Waals surface area contributed by atoms with E-state index in [9.17, 15) is 4.79 Å². The molecular formula is C21H29N7O. The maximum absolute atomic E-state index is 11.9. The van der Waals surface area contributed by atoms with Crippen molar-refractivity contribution in [2.24, 2.45) is 4.99 Å². The molecule has 4 rings (SSSR count). The lowest BCUT2D eigenvalue weighted by molar-refractivity contribution is -0.128. The van der Waals surface area contributed by atoms with Gasteiger partial charge in [-0.3, -0.25) is 9.79 Å². The van der Waals surface area contributed by atoms with Crippen LogP contribution in [0.5, 0.6) is 0 Å². The number of carbonyl (C=O) groups is 1. The van der Waals surface area contributed by atoms with Gasteiger partial charge in [0, 0.05) is 45.6 Å². The van der Waals surface area contributed by atoms with E-state index < -0.39 is 0 Å². The van der Waals surface area contributed by atoms with Crippen molar-refractivity contribution in [1.82, 2.24) is 30.3 Å². The molecule has 0 bridgehead atoms. The molecule has 0 aliphatic carbocycles. The van der Waals surface area contributed by atoms with Crippen LogP contribution < -0.4 is 10.6 Å². The van der Waals surface area contributed by atoms with Gasteiger partial charge in [-0.25, -0.2) is 9.67 Å². The van der Waals surface area contributed by atoms with E-state index in [1.165, 1.54) is 11.1 Å². The summed E-state index contributed by atoms with van der Waals surface area (Å²) in [6.07, 6.45) is 3.59. The minimum atomic E-state index is 0.261. The average molecular weight is 396 g/mol. The van der Waals surface area contributed by atoms with Gasteiger partial charge >= 0.3 is 0 Å². The second kappa shape index (κ2) is 8.63. The van der Waals surface area contributed by atoms with Gasteiger partial charge in [0.1, 0.15) is 11.6 Å². The molecule has 1 aromatic heterocycles. The molecule has 1 aromatic carbocycles. The van der Waals surface area contributed by atoms with Crippen LogP contribution in [0.3, 0.4) is 0 Å². The molecule has 3 heterocycles. The number of hydrogen-bond acceptors (Lipinski definition) is 4. The van der Waals surface area contributed by atoms with Crippen LogP contribution in [-0.2, 0) is 30.8 Å². The summed E-state index contributed by atoms with van der Waals surface area (Å²) in [5, 5.41) is 11.4. The van der Waals surface area contributed by atoms with Gasteiger partial charge in [0.05, 0.1) is 6.54 Å². The zero-order valence-electron chi connectivity index (χ0n) is 17.2. The highest BCUT2D eigenvalue weighted by Gasteiger charge is 2.22. The van der Waals surface area contributed by atoms with Gasteiger partial charge in [-0.1, -0.05) is 24.3 Å². The first kappa shape index (κ1) is 19.4. The third-order valence-electron chi connectivity index (χ3n) is 5.52. The van der Waals surface area contributed by atoms with Crippen molar-refractivity contribution in [3.05, 3.63) is 47.0 Å². The molecular weight excluding hydrogens is 366 g/mol. The van der Waals surface area contributed by atoms with Crippen molar-refractivity contribution in [3.63, 3.8) is 0 Å². The molecule has 1 unspecified atom stereocenters. The lowest BCUT2D eigenvalue weighted by Gasteiger charge is -2.25. The third-order valence-corrected chi connectivity index (χ3v) is 5.52. The second-order valence-electron chi connectivity index (χ2n) is 7.80. The van der Waals surface area contributed by atoms with E-state index in [0.29, 0.717) is 19.5 Å². The van der Waals surface area contributed by atoms with Crippen molar-refractivity contribution >= 4 is 11.9 Å². The molecule has 29 heavy (non-hydrogen) atoms. The van der Waals surface area contributed by atoms with E-state index in [2.05, 4.69) is 50.0 Å². The zero-order chi connectivity index (χ0) is 20.2.